The van der Waals surface area contributed by atoms with Crippen molar-refractivity contribution in [2.45, 2.75) is 18.8 Å². The van der Waals surface area contributed by atoms with Gasteiger partial charge in [0, 0.05) is 17.5 Å². The summed E-state index contributed by atoms with van der Waals surface area (Å²) in [4.78, 5) is 32.3. The van der Waals surface area contributed by atoms with Crippen LogP contribution < -0.4 is 22.1 Å². The molecule has 41 heavy (non-hydrogen) atoms. The molecule has 3 amide bonds. The normalized spacial score (nSPS) is 15.8. The van der Waals surface area contributed by atoms with Gasteiger partial charge >= 0.3 is 12.2 Å². The second-order valence-electron chi connectivity index (χ2n) is 8.63. The first-order chi connectivity index (χ1) is 19.4. The number of benzene rings is 1. The first-order valence-electron chi connectivity index (χ1n) is 11.7. The Hall–Kier alpha value is -4.85. The van der Waals surface area contributed by atoms with Crippen molar-refractivity contribution >= 4 is 46.2 Å². The van der Waals surface area contributed by atoms with Crippen LogP contribution in [-0.2, 0) is 17.4 Å². The Labute approximate surface area is 234 Å². The van der Waals surface area contributed by atoms with Crippen LogP contribution in [0.4, 0.5) is 38.3 Å². The summed E-state index contributed by atoms with van der Waals surface area (Å²) in [5, 5.41) is 7.89. The molecule has 2 heterocycles. The van der Waals surface area contributed by atoms with Gasteiger partial charge in [-0.15, -0.1) is 0 Å². The number of carbonyl (C=O) groups is 2. The van der Waals surface area contributed by atoms with Crippen LogP contribution in [0.2, 0.25) is 0 Å². The number of amidine groups is 1. The summed E-state index contributed by atoms with van der Waals surface area (Å²) >= 11 is 1.44. The monoisotopic (exact) mass is 588 g/mol. The van der Waals surface area contributed by atoms with Gasteiger partial charge in [0.25, 0.3) is 5.91 Å². The Balaban J connectivity index is 1.46. The maximum atomic E-state index is 15.1. The largest absolute Gasteiger partial charge is 0.416 e. The Kier molecular flexibility index (Phi) is 8.62. The van der Waals surface area contributed by atoms with Gasteiger partial charge in [0.2, 0.25) is 0 Å². The Morgan fingerprint density at radius 1 is 1.10 bits per heavy atom. The zero-order valence-corrected chi connectivity index (χ0v) is 21.7. The van der Waals surface area contributed by atoms with Crippen molar-refractivity contribution in [3.63, 3.8) is 0 Å². The van der Waals surface area contributed by atoms with Crippen molar-refractivity contribution in [1.29, 1.82) is 0 Å². The predicted molar refractivity (Wildman–Crippen MR) is 146 cm³/mol. The average molecular weight is 589 g/mol. The zero-order chi connectivity index (χ0) is 29.7. The molecule has 212 valence electrons. The molecule has 6 N–H and O–H groups in total. The van der Waals surface area contributed by atoms with Crippen LogP contribution >= 0.6 is 11.3 Å². The van der Waals surface area contributed by atoms with Crippen LogP contribution in [-0.4, -0.2) is 28.9 Å². The molecule has 0 fully saturated rings. The first kappa shape index (κ1) is 29.1. The van der Waals surface area contributed by atoms with Gasteiger partial charge in [0.15, 0.2) is 0 Å². The number of nitrogens with zero attached hydrogens (tertiary/aromatic N) is 2. The van der Waals surface area contributed by atoms with E-state index in [4.69, 9.17) is 11.5 Å². The number of aromatic nitrogens is 1. The van der Waals surface area contributed by atoms with E-state index < -0.39 is 41.4 Å². The molecule has 1 aliphatic rings. The van der Waals surface area contributed by atoms with Gasteiger partial charge in [-0.3, -0.25) is 10.1 Å². The summed E-state index contributed by atoms with van der Waals surface area (Å²) < 4.78 is 67.7. The number of alkyl halides is 4. The van der Waals surface area contributed by atoms with Crippen molar-refractivity contribution in [3.05, 3.63) is 105 Å². The van der Waals surface area contributed by atoms with Crippen molar-refractivity contribution in [1.82, 2.24) is 4.98 Å². The molecule has 0 radical (unpaired) electrons. The summed E-state index contributed by atoms with van der Waals surface area (Å²) in [6.45, 7) is 0. The van der Waals surface area contributed by atoms with Crippen LogP contribution in [0.25, 0.3) is 5.57 Å². The number of thiophene rings is 1. The molecule has 14 heteroatoms. The van der Waals surface area contributed by atoms with Gasteiger partial charge in [0.1, 0.15) is 23.6 Å². The van der Waals surface area contributed by atoms with E-state index in [0.29, 0.717) is 23.8 Å². The topological polar surface area (TPSA) is 135 Å². The average Bonchev–Trinajstić information content (AvgIpc) is 3.35. The van der Waals surface area contributed by atoms with Crippen molar-refractivity contribution < 1.29 is 31.5 Å². The lowest BCUT2D eigenvalue weighted by atomic mass is 10.0. The third-order valence-electron chi connectivity index (χ3n) is 5.70. The van der Waals surface area contributed by atoms with E-state index in [9.17, 15) is 27.2 Å². The number of urea groups is 1. The van der Waals surface area contributed by atoms with Gasteiger partial charge in [-0.25, -0.2) is 18.6 Å². The third-order valence-corrected chi connectivity index (χ3v) is 6.43. The van der Waals surface area contributed by atoms with Crippen molar-refractivity contribution in [3.8, 4) is 0 Å². The zero-order valence-electron chi connectivity index (χ0n) is 20.9. The smallest absolute Gasteiger partial charge is 0.398 e. The minimum absolute atomic E-state index is 0.0296. The van der Waals surface area contributed by atoms with E-state index in [1.54, 1.807) is 6.07 Å². The number of pyridine rings is 1. The summed E-state index contributed by atoms with van der Waals surface area (Å²) in [7, 11) is 0. The molecule has 0 bridgehead atoms. The van der Waals surface area contributed by atoms with Crippen molar-refractivity contribution in [2.75, 3.05) is 10.6 Å². The predicted octanol–water partition coefficient (Wildman–Crippen LogP) is 5.58. The second-order valence-corrected chi connectivity index (χ2v) is 9.41. The highest BCUT2D eigenvalue weighted by Crippen LogP contribution is 2.32. The minimum atomic E-state index is -4.73. The number of carbonyl (C=O) groups excluding carboxylic acids is 2. The molecular weight excluding hydrogens is 567 g/mol. The standard InChI is InChI=1S/C27H21F5N6O2S/c28-19-5-2-16(27(30,31)32)10-22(19)36-26(40)37-23-6-1-15(12-35-23)17-3-4-18(21(33)11-20(17)29)25(34)38-24(39)9-14-7-8-41-13-14/h1-8,10-13,20H,9,33H2,(H2,34,38,39)(H2,35,36,37,40). The molecule has 2 aromatic heterocycles. The molecule has 0 spiro atoms. The molecule has 8 nitrogen and oxygen atoms in total. The minimum Gasteiger partial charge on any atom is -0.398 e. The number of hydrogen-bond acceptors (Lipinski definition) is 5. The van der Waals surface area contributed by atoms with Crippen molar-refractivity contribution in [2.24, 2.45) is 16.5 Å². The number of aliphatic imine (C=N–C) groups is 1. The van der Waals surface area contributed by atoms with E-state index in [1.165, 1.54) is 41.8 Å². The summed E-state index contributed by atoms with van der Waals surface area (Å²) in [6, 6.07) is 5.07. The highest BCUT2D eigenvalue weighted by Gasteiger charge is 2.31. The van der Waals surface area contributed by atoms with Crippen LogP contribution in [0.15, 0.2) is 87.8 Å². The number of allylic oxidation sites excluding steroid dienone is 4. The lowest BCUT2D eigenvalue weighted by Crippen LogP contribution is -2.22. The fourth-order valence-corrected chi connectivity index (χ4v) is 4.36. The number of amides is 3. The highest BCUT2D eigenvalue weighted by molar-refractivity contribution is 7.08. The van der Waals surface area contributed by atoms with Crippen LogP contribution in [0.3, 0.4) is 0 Å². The lowest BCUT2D eigenvalue weighted by Gasteiger charge is -2.12. The molecule has 4 rings (SSSR count). The fourth-order valence-electron chi connectivity index (χ4n) is 3.69. The quantitative estimate of drug-likeness (QED) is 0.170. The number of hydrogen-bond donors (Lipinski definition) is 4. The second kappa shape index (κ2) is 12.1. The Bertz CT molecular complexity index is 1580. The first-order valence-corrected chi connectivity index (χ1v) is 12.7. The molecule has 1 unspecified atom stereocenters. The molecule has 0 aliphatic heterocycles. The van der Waals surface area contributed by atoms with E-state index >= 15 is 4.39 Å². The van der Waals surface area contributed by atoms with Gasteiger partial charge in [0.05, 0.1) is 17.7 Å². The molecule has 1 aliphatic carbocycles. The SMILES string of the molecule is NC1=CC(F)C(c2ccc(NC(=O)Nc3cc(C(F)(F)F)ccc3F)nc2)=CC=C1C(N)=NC(=O)Cc1ccsc1. The van der Waals surface area contributed by atoms with E-state index in [2.05, 4.69) is 15.3 Å². The number of halogens is 5. The van der Waals surface area contributed by atoms with Crippen LogP contribution in [0.1, 0.15) is 16.7 Å². The third kappa shape index (κ3) is 7.42. The fraction of sp³-hybridized carbons (Fsp3) is 0.111. The summed E-state index contributed by atoms with van der Waals surface area (Å²) in [5.41, 5.74) is 11.5. The molecule has 0 saturated heterocycles. The lowest BCUT2D eigenvalue weighted by molar-refractivity contribution is -0.137. The van der Waals surface area contributed by atoms with Gasteiger partial charge in [-0.1, -0.05) is 6.08 Å². The molecule has 1 atom stereocenters. The summed E-state index contributed by atoms with van der Waals surface area (Å²) in [6.07, 6.45) is -1.22. The van der Waals surface area contributed by atoms with E-state index in [0.717, 1.165) is 11.6 Å². The number of anilines is 2. The number of nitrogens with two attached hydrogens (primary N) is 2. The molecule has 1 aromatic carbocycles. The molecule has 0 saturated carbocycles. The molecule has 3 aromatic rings. The highest BCUT2D eigenvalue weighted by atomic mass is 32.1. The maximum Gasteiger partial charge on any atom is 0.416 e. The summed E-state index contributed by atoms with van der Waals surface area (Å²) in [5.74, 6) is -1.78. The van der Waals surface area contributed by atoms with Crippen LogP contribution in [0.5, 0.6) is 0 Å². The number of nitrogens with one attached hydrogen (secondary N) is 2. The maximum absolute atomic E-state index is 15.1. The Morgan fingerprint density at radius 2 is 1.88 bits per heavy atom. The van der Waals surface area contributed by atoms with Crippen LogP contribution in [0, 0.1) is 5.82 Å². The Morgan fingerprint density at radius 3 is 2.54 bits per heavy atom. The van der Waals surface area contributed by atoms with Gasteiger partial charge in [-0.05, 0) is 76.0 Å². The van der Waals surface area contributed by atoms with E-state index in [-0.39, 0.29) is 34.9 Å². The molecular formula is C27H21F5N6O2S. The van der Waals surface area contributed by atoms with E-state index in [1.807, 2.05) is 16.1 Å². The number of rotatable bonds is 6. The van der Waals surface area contributed by atoms with Gasteiger partial charge < -0.3 is 16.8 Å². The van der Waals surface area contributed by atoms with Gasteiger partial charge in [-0.2, -0.15) is 29.5 Å².